The van der Waals surface area contributed by atoms with Crippen LogP contribution >= 0.6 is 0 Å². The number of nitrogens with two attached hydrogens (primary N) is 1. The van der Waals surface area contributed by atoms with Gasteiger partial charge in [0.1, 0.15) is 0 Å². The van der Waals surface area contributed by atoms with Crippen LogP contribution in [0.15, 0.2) is 0 Å². The van der Waals surface area contributed by atoms with Crippen molar-refractivity contribution in [3.63, 3.8) is 0 Å². The fourth-order valence-corrected chi connectivity index (χ4v) is 2.50. The van der Waals surface area contributed by atoms with Crippen LogP contribution in [0.1, 0.15) is 59.3 Å². The molecule has 0 heterocycles. The van der Waals surface area contributed by atoms with Crippen LogP contribution in [-0.4, -0.2) is 14.2 Å². The summed E-state index contributed by atoms with van der Waals surface area (Å²) in [6, 6.07) is 0. The van der Waals surface area contributed by atoms with Gasteiger partial charge in [-0.3, -0.25) is 0 Å². The van der Waals surface area contributed by atoms with Crippen molar-refractivity contribution in [1.82, 2.24) is 0 Å². The molecule has 0 rings (SSSR count). The highest BCUT2D eigenvalue weighted by Gasteiger charge is 2.25. The Bertz CT molecular complexity index is 269. The molecule has 0 aromatic rings. The maximum atomic E-state index is 10.9. The van der Waals surface area contributed by atoms with E-state index in [9.17, 15) is 8.42 Å². The largest absolute Gasteiger partial charge is 0.229 e. The van der Waals surface area contributed by atoms with E-state index in [2.05, 4.69) is 27.2 Å². The lowest BCUT2D eigenvalue weighted by Gasteiger charge is -2.31. The van der Waals surface area contributed by atoms with Crippen LogP contribution in [-0.2, 0) is 10.0 Å². The predicted molar refractivity (Wildman–Crippen MR) is 69.4 cm³/mol. The van der Waals surface area contributed by atoms with Crippen LogP contribution in [0.3, 0.4) is 0 Å². The molecule has 0 aliphatic carbocycles. The van der Waals surface area contributed by atoms with Crippen LogP contribution in [0.5, 0.6) is 0 Å². The summed E-state index contributed by atoms with van der Waals surface area (Å²) in [4.78, 5) is 0. The van der Waals surface area contributed by atoms with E-state index in [0.717, 1.165) is 19.3 Å². The molecule has 16 heavy (non-hydrogen) atoms. The lowest BCUT2D eigenvalue weighted by Crippen LogP contribution is -2.23. The molecule has 0 bridgehead atoms. The van der Waals surface area contributed by atoms with Crippen molar-refractivity contribution in [2.75, 3.05) is 5.75 Å². The average Bonchev–Trinajstić information content (AvgIpc) is 2.22. The molecule has 0 fully saturated rings. The maximum Gasteiger partial charge on any atom is 0.209 e. The minimum Gasteiger partial charge on any atom is -0.229 e. The predicted octanol–water partition coefficient (Wildman–Crippen LogP) is 2.87. The summed E-state index contributed by atoms with van der Waals surface area (Å²) in [7, 11) is -3.31. The van der Waals surface area contributed by atoms with Gasteiger partial charge in [0, 0.05) is 0 Å². The van der Waals surface area contributed by atoms with Crippen molar-refractivity contribution in [2.24, 2.45) is 10.6 Å². The third kappa shape index (κ3) is 6.48. The molecule has 97 valence electrons. The van der Waals surface area contributed by atoms with Gasteiger partial charge in [0.05, 0.1) is 5.75 Å². The fourth-order valence-electron chi connectivity index (χ4n) is 2.05. The molecule has 3 nitrogen and oxygen atoms in total. The highest BCUT2D eigenvalue weighted by atomic mass is 32.2. The lowest BCUT2D eigenvalue weighted by atomic mass is 9.74. The molecule has 0 spiro atoms. The van der Waals surface area contributed by atoms with Gasteiger partial charge in [-0.15, -0.1) is 0 Å². The Morgan fingerprint density at radius 2 is 1.75 bits per heavy atom. The monoisotopic (exact) mass is 248 g/mol. The summed E-state index contributed by atoms with van der Waals surface area (Å²) >= 11 is 0. The fraction of sp³-hybridized carbons (Fsp3) is 0.917. The van der Waals surface area contributed by atoms with Crippen LogP contribution < -0.4 is 5.14 Å². The molecule has 4 heteroatoms. The molecule has 0 aromatic heterocycles. The summed E-state index contributed by atoms with van der Waals surface area (Å²) in [6.45, 7) is 6.53. The summed E-state index contributed by atoms with van der Waals surface area (Å²) in [5.74, 6) is 0.0703. The van der Waals surface area contributed by atoms with Crippen LogP contribution in [0.4, 0.5) is 0 Å². The molecule has 0 saturated heterocycles. The summed E-state index contributed by atoms with van der Waals surface area (Å²) in [6.07, 6.45) is 8.44. The van der Waals surface area contributed by atoms with Crippen LogP contribution in [0.2, 0.25) is 0 Å². The van der Waals surface area contributed by atoms with Gasteiger partial charge in [0.25, 0.3) is 0 Å². The lowest BCUT2D eigenvalue weighted by molar-refractivity contribution is 0.278. The zero-order chi connectivity index (χ0) is 12.7. The number of hydrogen-bond donors (Lipinski definition) is 1. The van der Waals surface area contributed by atoms with Gasteiger partial charge in [-0.1, -0.05) is 46.5 Å². The Balaban J connectivity index is 4.21. The van der Waals surface area contributed by atoms with Gasteiger partial charge >= 0.3 is 0 Å². The third-order valence-corrected chi connectivity index (χ3v) is 4.22. The van der Waals surface area contributed by atoms with Crippen LogP contribution in [0.25, 0.3) is 0 Å². The first-order valence-electron chi connectivity index (χ1n) is 6.24. The van der Waals surface area contributed by atoms with Gasteiger partial charge in [-0.2, -0.15) is 0 Å². The molecular formula is C12H26NO2S. The van der Waals surface area contributed by atoms with Gasteiger partial charge < -0.3 is 0 Å². The van der Waals surface area contributed by atoms with Gasteiger partial charge in [-0.25, -0.2) is 13.6 Å². The molecule has 0 aliphatic heterocycles. The minimum absolute atomic E-state index is 0.0703. The third-order valence-electron chi connectivity index (χ3n) is 3.42. The first-order chi connectivity index (χ1) is 7.39. The second-order valence-corrected chi connectivity index (χ2v) is 6.27. The molecule has 0 atom stereocenters. The van der Waals surface area contributed by atoms with Gasteiger partial charge in [0.2, 0.25) is 10.0 Å². The van der Waals surface area contributed by atoms with Crippen molar-refractivity contribution in [1.29, 1.82) is 0 Å². The van der Waals surface area contributed by atoms with Crippen molar-refractivity contribution >= 4 is 10.0 Å². The van der Waals surface area contributed by atoms with E-state index < -0.39 is 10.0 Å². The second-order valence-electron chi connectivity index (χ2n) is 4.53. The zero-order valence-corrected chi connectivity index (χ0v) is 11.6. The summed E-state index contributed by atoms with van der Waals surface area (Å²) in [5.41, 5.74) is 0.209. The zero-order valence-electron chi connectivity index (χ0n) is 10.8. The SMILES string of the molecule is CCCCC([CH]CCS(N)(=O)=O)(CC)CC. The highest BCUT2D eigenvalue weighted by Crippen LogP contribution is 2.36. The van der Waals surface area contributed by atoms with Crippen molar-refractivity contribution in [3.8, 4) is 0 Å². The molecule has 1 radical (unpaired) electrons. The Hall–Kier alpha value is -0.0900. The Morgan fingerprint density at radius 3 is 2.12 bits per heavy atom. The molecule has 0 aromatic carbocycles. The first kappa shape index (κ1) is 15.9. The minimum atomic E-state index is -3.31. The quantitative estimate of drug-likeness (QED) is 0.682. The first-order valence-corrected chi connectivity index (χ1v) is 7.95. The van der Waals surface area contributed by atoms with E-state index in [1.165, 1.54) is 12.8 Å². The van der Waals surface area contributed by atoms with E-state index in [1.807, 2.05) is 0 Å². The van der Waals surface area contributed by atoms with Crippen LogP contribution in [0, 0.1) is 11.8 Å². The molecule has 0 aliphatic rings. The Morgan fingerprint density at radius 1 is 1.19 bits per heavy atom. The number of rotatable bonds is 9. The summed E-state index contributed by atoms with van der Waals surface area (Å²) in [5, 5.41) is 5.00. The van der Waals surface area contributed by atoms with E-state index >= 15 is 0 Å². The topological polar surface area (TPSA) is 60.2 Å². The molecule has 0 unspecified atom stereocenters. The van der Waals surface area contributed by atoms with E-state index in [4.69, 9.17) is 5.14 Å². The molecule has 0 saturated carbocycles. The maximum absolute atomic E-state index is 10.9. The normalized spacial score (nSPS) is 13.0. The van der Waals surface area contributed by atoms with E-state index in [0.29, 0.717) is 6.42 Å². The standard InChI is InChI=1S/C12H26NO2S/c1-4-7-9-12(5-2,6-3)10-8-11-16(13,14)15/h10H,4-9,11H2,1-3H3,(H2,13,14,15). The molecular weight excluding hydrogens is 222 g/mol. The number of primary sulfonamides is 1. The molecule has 0 amide bonds. The smallest absolute Gasteiger partial charge is 0.209 e. The number of unbranched alkanes of at least 4 members (excludes halogenated alkanes) is 1. The highest BCUT2D eigenvalue weighted by molar-refractivity contribution is 7.89. The molecule has 2 N–H and O–H groups in total. The van der Waals surface area contributed by atoms with Crippen molar-refractivity contribution < 1.29 is 8.42 Å². The summed E-state index contributed by atoms with van der Waals surface area (Å²) < 4.78 is 21.7. The van der Waals surface area contributed by atoms with E-state index in [-0.39, 0.29) is 11.2 Å². The van der Waals surface area contributed by atoms with E-state index in [1.54, 1.807) is 0 Å². The van der Waals surface area contributed by atoms with Gasteiger partial charge in [0.15, 0.2) is 0 Å². The Kier molecular flexibility index (Phi) is 7.24. The van der Waals surface area contributed by atoms with Crippen molar-refractivity contribution in [3.05, 3.63) is 6.42 Å². The Labute approximate surface area is 101 Å². The van der Waals surface area contributed by atoms with Gasteiger partial charge in [-0.05, 0) is 24.7 Å². The number of sulfonamides is 1. The second kappa shape index (κ2) is 7.28. The van der Waals surface area contributed by atoms with Crippen molar-refractivity contribution in [2.45, 2.75) is 59.3 Å². The average molecular weight is 248 g/mol. The number of hydrogen-bond acceptors (Lipinski definition) is 2.